The number of aryl methyl sites for hydroxylation is 1. The molecular weight excluding hydrogens is 208 g/mol. The van der Waals surface area contributed by atoms with Crippen molar-refractivity contribution in [3.05, 3.63) is 11.7 Å². The van der Waals surface area contributed by atoms with Crippen LogP contribution in [-0.4, -0.2) is 22.1 Å². The number of hydrogen-bond acceptors (Lipinski definition) is 5. The highest BCUT2D eigenvalue weighted by Gasteiger charge is 2.15. The van der Waals surface area contributed by atoms with Crippen LogP contribution < -0.4 is 11.1 Å². The van der Waals surface area contributed by atoms with Gasteiger partial charge >= 0.3 is 0 Å². The molecule has 0 aliphatic rings. The molecule has 16 heavy (non-hydrogen) atoms. The van der Waals surface area contributed by atoms with Crippen LogP contribution >= 0.6 is 0 Å². The van der Waals surface area contributed by atoms with Crippen molar-refractivity contribution in [1.29, 1.82) is 0 Å². The van der Waals surface area contributed by atoms with Crippen molar-refractivity contribution in [1.82, 2.24) is 15.5 Å². The van der Waals surface area contributed by atoms with Crippen LogP contribution in [0.2, 0.25) is 0 Å². The summed E-state index contributed by atoms with van der Waals surface area (Å²) in [6.45, 7) is 5.99. The predicted molar refractivity (Wildman–Crippen MR) is 58.3 cm³/mol. The number of carbonyl (C=O) groups is 1. The molecule has 0 saturated heterocycles. The van der Waals surface area contributed by atoms with E-state index in [1.807, 2.05) is 13.8 Å². The summed E-state index contributed by atoms with van der Waals surface area (Å²) in [6, 6.07) is -0.482. The lowest BCUT2D eigenvalue weighted by Gasteiger charge is -2.12. The Kier molecular flexibility index (Phi) is 4.42. The molecule has 0 aliphatic carbocycles. The average Bonchev–Trinajstić information content (AvgIpc) is 2.59. The van der Waals surface area contributed by atoms with Gasteiger partial charge in [-0.15, -0.1) is 0 Å². The summed E-state index contributed by atoms with van der Waals surface area (Å²) in [5, 5.41) is 6.28. The van der Waals surface area contributed by atoms with Crippen molar-refractivity contribution in [2.45, 2.75) is 39.8 Å². The smallest absolute Gasteiger partial charge is 0.246 e. The van der Waals surface area contributed by atoms with E-state index < -0.39 is 6.04 Å². The molecule has 3 N–H and O–H groups in total. The molecule has 0 saturated carbocycles. The highest BCUT2D eigenvalue weighted by molar-refractivity contribution is 5.81. The largest absolute Gasteiger partial charge is 0.346 e. The molecule has 6 nitrogen and oxygen atoms in total. The van der Waals surface area contributed by atoms with Gasteiger partial charge < -0.3 is 15.6 Å². The molecule has 0 aromatic carbocycles. The number of aromatic nitrogens is 2. The quantitative estimate of drug-likeness (QED) is 0.756. The predicted octanol–water partition coefficient (Wildman–Crippen LogP) is 0.368. The molecule has 1 amide bonds. The van der Waals surface area contributed by atoms with E-state index in [4.69, 9.17) is 10.3 Å². The molecule has 1 rings (SSSR count). The summed E-state index contributed by atoms with van der Waals surface area (Å²) < 4.78 is 4.86. The average molecular weight is 226 g/mol. The first kappa shape index (κ1) is 12.6. The summed E-state index contributed by atoms with van der Waals surface area (Å²) in [5.41, 5.74) is 5.71. The van der Waals surface area contributed by atoms with Gasteiger partial charge in [0.1, 0.15) is 0 Å². The maximum Gasteiger partial charge on any atom is 0.246 e. The van der Waals surface area contributed by atoms with Crippen molar-refractivity contribution >= 4 is 5.91 Å². The van der Waals surface area contributed by atoms with Crippen LogP contribution in [0, 0.1) is 12.8 Å². The zero-order valence-corrected chi connectivity index (χ0v) is 9.86. The number of rotatable bonds is 5. The molecule has 6 heteroatoms. The Bertz CT molecular complexity index is 348. The molecule has 1 heterocycles. The van der Waals surface area contributed by atoms with E-state index in [0.29, 0.717) is 24.1 Å². The van der Waals surface area contributed by atoms with Crippen LogP contribution in [0.1, 0.15) is 32.0 Å². The molecular formula is C10H18N4O2. The van der Waals surface area contributed by atoms with Gasteiger partial charge in [0.2, 0.25) is 11.8 Å². The normalized spacial score (nSPS) is 12.8. The first-order valence-corrected chi connectivity index (χ1v) is 5.31. The first-order valence-electron chi connectivity index (χ1n) is 5.31. The van der Waals surface area contributed by atoms with Crippen LogP contribution in [0.5, 0.6) is 0 Å². The fourth-order valence-corrected chi connectivity index (χ4v) is 1.32. The van der Waals surface area contributed by atoms with Crippen molar-refractivity contribution < 1.29 is 9.32 Å². The highest BCUT2D eigenvalue weighted by Crippen LogP contribution is 2.03. The zero-order valence-electron chi connectivity index (χ0n) is 9.86. The number of amides is 1. The number of nitrogens with one attached hydrogen (secondary N) is 1. The molecule has 1 aromatic rings. The van der Waals surface area contributed by atoms with Gasteiger partial charge in [0, 0.05) is 0 Å². The molecule has 0 radical (unpaired) electrons. The number of nitrogens with two attached hydrogens (primary N) is 1. The third-order valence-electron chi connectivity index (χ3n) is 2.05. The zero-order chi connectivity index (χ0) is 12.1. The van der Waals surface area contributed by atoms with Gasteiger partial charge in [0.05, 0.1) is 12.6 Å². The van der Waals surface area contributed by atoms with Crippen LogP contribution in [0.3, 0.4) is 0 Å². The van der Waals surface area contributed by atoms with Crippen LogP contribution in [0.25, 0.3) is 0 Å². The summed E-state index contributed by atoms with van der Waals surface area (Å²) in [7, 11) is 0. The summed E-state index contributed by atoms with van der Waals surface area (Å²) >= 11 is 0. The Morgan fingerprint density at radius 1 is 1.56 bits per heavy atom. The maximum absolute atomic E-state index is 11.5. The van der Waals surface area contributed by atoms with E-state index in [1.54, 1.807) is 6.92 Å². The highest BCUT2D eigenvalue weighted by atomic mass is 16.5. The van der Waals surface area contributed by atoms with Crippen molar-refractivity contribution in [2.24, 2.45) is 11.7 Å². The van der Waals surface area contributed by atoms with Gasteiger partial charge in [-0.2, -0.15) is 4.98 Å². The molecule has 0 fully saturated rings. The van der Waals surface area contributed by atoms with Gasteiger partial charge in [-0.05, 0) is 19.3 Å². The first-order chi connectivity index (χ1) is 7.49. The van der Waals surface area contributed by atoms with Crippen molar-refractivity contribution in [3.8, 4) is 0 Å². The minimum Gasteiger partial charge on any atom is -0.346 e. The maximum atomic E-state index is 11.5. The van der Waals surface area contributed by atoms with Crippen LogP contribution in [0.15, 0.2) is 4.52 Å². The van der Waals surface area contributed by atoms with Gasteiger partial charge in [0.25, 0.3) is 0 Å². The molecule has 1 atom stereocenters. The minimum absolute atomic E-state index is 0.190. The van der Waals surface area contributed by atoms with E-state index in [0.717, 1.165) is 0 Å². The van der Waals surface area contributed by atoms with E-state index >= 15 is 0 Å². The third kappa shape index (κ3) is 3.98. The lowest BCUT2D eigenvalue weighted by atomic mass is 10.0. The Morgan fingerprint density at radius 3 is 2.75 bits per heavy atom. The SMILES string of the molecule is Cc1noc(CNC(=O)[C@H](N)CC(C)C)n1. The van der Waals surface area contributed by atoms with Gasteiger partial charge in [0.15, 0.2) is 5.82 Å². The monoisotopic (exact) mass is 226 g/mol. The fraction of sp³-hybridized carbons (Fsp3) is 0.700. The summed E-state index contributed by atoms with van der Waals surface area (Å²) in [5.74, 6) is 1.15. The minimum atomic E-state index is -0.482. The van der Waals surface area contributed by atoms with Crippen LogP contribution in [-0.2, 0) is 11.3 Å². The van der Waals surface area contributed by atoms with E-state index in [1.165, 1.54) is 0 Å². The molecule has 0 spiro atoms. The van der Waals surface area contributed by atoms with E-state index in [-0.39, 0.29) is 12.5 Å². The summed E-state index contributed by atoms with van der Waals surface area (Å²) in [6.07, 6.45) is 0.661. The van der Waals surface area contributed by atoms with Crippen LogP contribution in [0.4, 0.5) is 0 Å². The second kappa shape index (κ2) is 5.60. The molecule has 0 bridgehead atoms. The van der Waals surface area contributed by atoms with Gasteiger partial charge in [-0.1, -0.05) is 19.0 Å². The standard InChI is InChI=1S/C10H18N4O2/c1-6(2)4-8(11)10(15)12-5-9-13-7(3)14-16-9/h6,8H,4-5,11H2,1-3H3,(H,12,15)/t8-/m1/s1. The Labute approximate surface area is 94.6 Å². The fourth-order valence-electron chi connectivity index (χ4n) is 1.32. The van der Waals surface area contributed by atoms with E-state index in [9.17, 15) is 4.79 Å². The molecule has 1 aromatic heterocycles. The summed E-state index contributed by atoms with van der Waals surface area (Å²) in [4.78, 5) is 15.5. The Balaban J connectivity index is 2.35. The molecule has 0 unspecified atom stereocenters. The third-order valence-corrected chi connectivity index (χ3v) is 2.05. The number of carbonyl (C=O) groups excluding carboxylic acids is 1. The second-order valence-corrected chi connectivity index (χ2v) is 4.19. The number of nitrogens with zero attached hydrogens (tertiary/aromatic N) is 2. The lowest BCUT2D eigenvalue weighted by Crippen LogP contribution is -2.41. The number of hydrogen-bond donors (Lipinski definition) is 2. The Hall–Kier alpha value is -1.43. The lowest BCUT2D eigenvalue weighted by molar-refractivity contribution is -0.123. The van der Waals surface area contributed by atoms with Crippen molar-refractivity contribution in [2.75, 3.05) is 0 Å². The molecule has 0 aliphatic heterocycles. The molecule has 90 valence electrons. The Morgan fingerprint density at radius 2 is 2.25 bits per heavy atom. The van der Waals surface area contributed by atoms with E-state index in [2.05, 4.69) is 15.5 Å². The topological polar surface area (TPSA) is 94.0 Å². The van der Waals surface area contributed by atoms with Gasteiger partial charge in [-0.3, -0.25) is 4.79 Å². The second-order valence-electron chi connectivity index (χ2n) is 4.19. The van der Waals surface area contributed by atoms with Gasteiger partial charge in [-0.25, -0.2) is 0 Å². The van der Waals surface area contributed by atoms with Crippen molar-refractivity contribution in [3.63, 3.8) is 0 Å².